The van der Waals surface area contributed by atoms with Gasteiger partial charge in [-0.3, -0.25) is 0 Å². The summed E-state index contributed by atoms with van der Waals surface area (Å²) in [4.78, 5) is 0.389. The van der Waals surface area contributed by atoms with Crippen molar-refractivity contribution in [1.82, 2.24) is 4.31 Å². The first-order valence-electron chi connectivity index (χ1n) is 11.8. The quantitative estimate of drug-likeness (QED) is 0.442. The molecule has 0 aromatic heterocycles. The molecule has 1 aliphatic rings. The molecule has 0 amide bonds. The van der Waals surface area contributed by atoms with Crippen molar-refractivity contribution in [2.45, 2.75) is 50.3 Å². The number of aryl methyl sites for hydroxylation is 2. The van der Waals surface area contributed by atoms with Crippen molar-refractivity contribution in [3.63, 3.8) is 0 Å². The lowest BCUT2D eigenvalue weighted by Crippen LogP contribution is -2.39. The lowest BCUT2D eigenvalue weighted by Gasteiger charge is -2.36. The van der Waals surface area contributed by atoms with E-state index in [0.717, 1.165) is 25.7 Å². The molecule has 1 aliphatic heterocycles. The lowest BCUT2D eigenvalue weighted by molar-refractivity contribution is 0.256. The van der Waals surface area contributed by atoms with E-state index in [-0.39, 0.29) is 5.92 Å². The molecule has 0 bridgehead atoms. The number of benzene rings is 3. The minimum Gasteiger partial charge on any atom is -0.207 e. The molecule has 0 atom stereocenters. The maximum atomic E-state index is 13.1. The van der Waals surface area contributed by atoms with Gasteiger partial charge >= 0.3 is 0 Å². The monoisotopic (exact) mass is 447 g/mol. The third-order valence-electron chi connectivity index (χ3n) is 6.85. The average molecular weight is 448 g/mol. The first-order chi connectivity index (χ1) is 15.5. The largest absolute Gasteiger partial charge is 0.243 e. The number of piperidine rings is 1. The number of hydrogen-bond donors (Lipinski definition) is 0. The topological polar surface area (TPSA) is 37.4 Å². The van der Waals surface area contributed by atoms with Gasteiger partial charge in [0.1, 0.15) is 0 Å². The Morgan fingerprint density at radius 3 is 1.66 bits per heavy atom. The zero-order valence-corrected chi connectivity index (χ0v) is 19.9. The normalized spacial score (nSPS) is 15.8. The van der Waals surface area contributed by atoms with Crippen LogP contribution in [0.5, 0.6) is 0 Å². The zero-order chi connectivity index (χ0) is 22.6. The van der Waals surface area contributed by atoms with Crippen LogP contribution < -0.4 is 0 Å². The van der Waals surface area contributed by atoms with E-state index in [1.54, 1.807) is 28.6 Å². The highest BCUT2D eigenvalue weighted by Crippen LogP contribution is 2.39. The Balaban J connectivity index is 1.58. The zero-order valence-electron chi connectivity index (χ0n) is 19.1. The second-order valence-electron chi connectivity index (χ2n) is 8.72. The van der Waals surface area contributed by atoms with E-state index < -0.39 is 10.0 Å². The predicted octanol–water partition coefficient (Wildman–Crippen LogP) is 6.04. The van der Waals surface area contributed by atoms with Crippen molar-refractivity contribution < 1.29 is 8.42 Å². The van der Waals surface area contributed by atoms with Crippen molar-refractivity contribution in [1.29, 1.82) is 0 Å². The third-order valence-corrected chi connectivity index (χ3v) is 8.76. The molecular weight excluding hydrogens is 414 g/mol. The van der Waals surface area contributed by atoms with Gasteiger partial charge in [0.15, 0.2) is 0 Å². The Hall–Kier alpha value is -2.43. The highest BCUT2D eigenvalue weighted by Gasteiger charge is 2.33. The molecule has 1 fully saturated rings. The van der Waals surface area contributed by atoms with E-state index in [2.05, 4.69) is 62.4 Å². The second-order valence-corrected chi connectivity index (χ2v) is 10.7. The van der Waals surface area contributed by atoms with Crippen molar-refractivity contribution in [2.24, 2.45) is 5.92 Å². The number of nitrogens with zero attached hydrogens (tertiary/aromatic N) is 1. The fraction of sp³-hybridized carbons (Fsp3) is 0.357. The Bertz CT molecular complexity index is 1050. The lowest BCUT2D eigenvalue weighted by atomic mass is 9.76. The smallest absolute Gasteiger partial charge is 0.207 e. The summed E-state index contributed by atoms with van der Waals surface area (Å²) in [6, 6.07) is 26.8. The van der Waals surface area contributed by atoms with E-state index in [9.17, 15) is 8.42 Å². The van der Waals surface area contributed by atoms with Crippen LogP contribution in [0.1, 0.15) is 54.9 Å². The average Bonchev–Trinajstić information content (AvgIpc) is 2.86. The standard InChI is InChI=1S/C28H33NO2S/c1-3-22-10-14-24(15-11-22)28(25-16-12-23(4-2)13-17-25)26-18-20-29(21-19-26)32(30,31)27-8-6-5-7-9-27/h5-17,26,28H,3-4,18-21H2,1-2H3. The van der Waals surface area contributed by atoms with Crippen molar-refractivity contribution in [3.8, 4) is 0 Å². The molecule has 1 saturated heterocycles. The molecule has 0 aliphatic carbocycles. The van der Waals surface area contributed by atoms with Gasteiger partial charge in [0.2, 0.25) is 10.0 Å². The number of rotatable bonds is 7. The van der Waals surface area contributed by atoms with Crippen LogP contribution in [0.4, 0.5) is 0 Å². The summed E-state index contributed by atoms with van der Waals surface area (Å²) in [7, 11) is -3.43. The van der Waals surface area contributed by atoms with E-state index >= 15 is 0 Å². The van der Waals surface area contributed by atoms with Crippen molar-refractivity contribution in [3.05, 3.63) is 101 Å². The van der Waals surface area contributed by atoms with Crippen molar-refractivity contribution >= 4 is 10.0 Å². The molecule has 3 aromatic rings. The van der Waals surface area contributed by atoms with E-state index in [4.69, 9.17) is 0 Å². The summed E-state index contributed by atoms with van der Waals surface area (Å²) >= 11 is 0. The number of hydrogen-bond acceptors (Lipinski definition) is 2. The summed E-state index contributed by atoms with van der Waals surface area (Å²) < 4.78 is 27.8. The SMILES string of the molecule is CCc1ccc(C(c2ccc(CC)cc2)C2CCN(S(=O)(=O)c3ccccc3)CC2)cc1. The molecule has 3 nitrogen and oxygen atoms in total. The Morgan fingerprint density at radius 2 is 1.22 bits per heavy atom. The summed E-state index contributed by atoms with van der Waals surface area (Å²) in [5.41, 5.74) is 5.35. The molecule has 0 N–H and O–H groups in total. The fourth-order valence-electron chi connectivity index (χ4n) is 4.85. The summed E-state index contributed by atoms with van der Waals surface area (Å²) in [6.45, 7) is 5.49. The molecule has 0 unspecified atom stereocenters. The Morgan fingerprint density at radius 1 is 0.750 bits per heavy atom. The molecule has 3 aromatic carbocycles. The van der Waals surface area contributed by atoms with Gasteiger partial charge in [-0.05, 0) is 66.0 Å². The molecule has 4 rings (SSSR count). The van der Waals surface area contributed by atoms with Crippen LogP contribution in [0.15, 0.2) is 83.8 Å². The van der Waals surface area contributed by atoms with Crippen LogP contribution in [0.25, 0.3) is 0 Å². The van der Waals surface area contributed by atoms with Crippen LogP contribution in [-0.2, 0) is 22.9 Å². The Labute approximate surface area is 193 Å². The summed E-state index contributed by atoms with van der Waals surface area (Å²) in [5.74, 6) is 0.700. The molecule has 4 heteroatoms. The van der Waals surface area contributed by atoms with Gasteiger partial charge < -0.3 is 0 Å². The minimum atomic E-state index is -3.43. The molecular formula is C28H33NO2S. The first-order valence-corrected chi connectivity index (χ1v) is 13.2. The third kappa shape index (κ3) is 4.82. The summed E-state index contributed by atoms with van der Waals surface area (Å²) in [6.07, 6.45) is 3.79. The Kier molecular flexibility index (Phi) is 7.12. The molecule has 32 heavy (non-hydrogen) atoms. The highest BCUT2D eigenvalue weighted by atomic mass is 32.2. The molecule has 0 radical (unpaired) electrons. The highest BCUT2D eigenvalue weighted by molar-refractivity contribution is 7.89. The molecule has 1 heterocycles. The van der Waals surface area contributed by atoms with Crippen LogP contribution in [0.3, 0.4) is 0 Å². The minimum absolute atomic E-state index is 0.286. The maximum Gasteiger partial charge on any atom is 0.243 e. The van der Waals surface area contributed by atoms with E-state index in [0.29, 0.717) is 23.9 Å². The van der Waals surface area contributed by atoms with Gasteiger partial charge in [-0.25, -0.2) is 8.42 Å². The van der Waals surface area contributed by atoms with Crippen LogP contribution in [0, 0.1) is 5.92 Å². The molecule has 168 valence electrons. The van der Waals surface area contributed by atoms with Crippen LogP contribution in [-0.4, -0.2) is 25.8 Å². The fourth-order valence-corrected chi connectivity index (χ4v) is 6.34. The van der Waals surface area contributed by atoms with Crippen LogP contribution in [0.2, 0.25) is 0 Å². The van der Waals surface area contributed by atoms with Gasteiger partial charge in [-0.2, -0.15) is 4.31 Å². The van der Waals surface area contributed by atoms with Crippen LogP contribution >= 0.6 is 0 Å². The van der Waals surface area contributed by atoms with Gasteiger partial charge in [-0.1, -0.05) is 80.6 Å². The van der Waals surface area contributed by atoms with Crippen molar-refractivity contribution in [2.75, 3.05) is 13.1 Å². The van der Waals surface area contributed by atoms with Gasteiger partial charge in [0, 0.05) is 19.0 Å². The molecule has 0 saturated carbocycles. The number of sulfonamides is 1. The maximum absolute atomic E-state index is 13.1. The van der Waals surface area contributed by atoms with E-state index in [1.165, 1.54) is 22.3 Å². The van der Waals surface area contributed by atoms with Gasteiger partial charge in [0.05, 0.1) is 4.90 Å². The van der Waals surface area contributed by atoms with E-state index in [1.807, 2.05) is 6.07 Å². The molecule has 0 spiro atoms. The summed E-state index contributed by atoms with van der Waals surface area (Å²) in [5, 5.41) is 0. The second kappa shape index (κ2) is 10.0. The first kappa shape index (κ1) is 22.8. The van der Waals surface area contributed by atoms with Gasteiger partial charge in [-0.15, -0.1) is 0 Å². The predicted molar refractivity (Wildman–Crippen MR) is 131 cm³/mol. The van der Waals surface area contributed by atoms with Gasteiger partial charge in [0.25, 0.3) is 0 Å².